The lowest BCUT2D eigenvalue weighted by Gasteiger charge is -2.24. The quantitative estimate of drug-likeness (QED) is 0.776. The summed E-state index contributed by atoms with van der Waals surface area (Å²) in [5, 5.41) is 20.0. The first kappa shape index (κ1) is 15.5. The molecule has 3 aromatic rings. The number of fused-ring (bicyclic) bond motifs is 1. The molecule has 8 heteroatoms. The third kappa shape index (κ3) is 2.90. The Morgan fingerprint density at radius 3 is 2.76 bits per heavy atom. The lowest BCUT2D eigenvalue weighted by molar-refractivity contribution is 0.0921. The summed E-state index contributed by atoms with van der Waals surface area (Å²) in [5.41, 5.74) is 1.79. The number of nitrogens with zero attached hydrogens (tertiary/aromatic N) is 6. The molecular weight excluding hydrogens is 318 g/mol. The van der Waals surface area contributed by atoms with Crippen molar-refractivity contribution in [2.24, 2.45) is 0 Å². The van der Waals surface area contributed by atoms with Crippen molar-refractivity contribution in [2.45, 2.75) is 39.3 Å². The Morgan fingerprint density at radius 1 is 1.16 bits per heavy atom. The van der Waals surface area contributed by atoms with Gasteiger partial charge in [-0.25, -0.2) is 0 Å². The van der Waals surface area contributed by atoms with E-state index in [4.69, 9.17) is 0 Å². The highest BCUT2D eigenvalue weighted by atomic mass is 16.2. The van der Waals surface area contributed by atoms with Crippen molar-refractivity contribution in [3.8, 4) is 5.69 Å². The zero-order valence-corrected chi connectivity index (χ0v) is 14.2. The van der Waals surface area contributed by atoms with Crippen molar-refractivity contribution in [1.29, 1.82) is 0 Å². The standard InChI is InChI=1S/C17H19N7O/c1-11-16(22-24(21-11)14-6-4-3-5-7-14)17(25)18-13-8-9-15-20-19-12(2)23(15)10-13/h3-7,13H,8-10H2,1-2H3,(H,18,25). The Bertz CT molecular complexity index is 912. The number of carbonyl (C=O) groups is 1. The minimum atomic E-state index is -0.196. The SMILES string of the molecule is Cc1nn(-c2ccccc2)nc1C(=O)NC1CCc2nnc(C)n2C1. The summed E-state index contributed by atoms with van der Waals surface area (Å²) in [6.45, 7) is 4.41. The van der Waals surface area contributed by atoms with E-state index in [2.05, 4.69) is 30.3 Å². The predicted molar refractivity (Wildman–Crippen MR) is 90.4 cm³/mol. The van der Waals surface area contributed by atoms with Crippen LogP contribution in [-0.4, -0.2) is 41.7 Å². The molecule has 4 rings (SSSR count). The van der Waals surface area contributed by atoms with Gasteiger partial charge < -0.3 is 9.88 Å². The van der Waals surface area contributed by atoms with Crippen LogP contribution in [0.4, 0.5) is 0 Å². The molecule has 0 spiro atoms. The largest absolute Gasteiger partial charge is 0.346 e. The number of hydrogen-bond acceptors (Lipinski definition) is 5. The van der Waals surface area contributed by atoms with Crippen molar-refractivity contribution in [2.75, 3.05) is 0 Å². The van der Waals surface area contributed by atoms with Crippen LogP contribution in [0.25, 0.3) is 5.69 Å². The van der Waals surface area contributed by atoms with Gasteiger partial charge in [-0.15, -0.1) is 15.3 Å². The highest BCUT2D eigenvalue weighted by Gasteiger charge is 2.25. The predicted octanol–water partition coefficient (Wildman–Crippen LogP) is 1.22. The highest BCUT2D eigenvalue weighted by molar-refractivity contribution is 5.93. The van der Waals surface area contributed by atoms with E-state index in [1.54, 1.807) is 6.92 Å². The minimum Gasteiger partial charge on any atom is -0.346 e. The van der Waals surface area contributed by atoms with E-state index < -0.39 is 0 Å². The second kappa shape index (κ2) is 6.12. The lowest BCUT2D eigenvalue weighted by atomic mass is 10.1. The van der Waals surface area contributed by atoms with Gasteiger partial charge in [-0.2, -0.15) is 9.90 Å². The fraction of sp³-hybridized carbons (Fsp3) is 0.353. The van der Waals surface area contributed by atoms with Gasteiger partial charge in [-0.1, -0.05) is 18.2 Å². The summed E-state index contributed by atoms with van der Waals surface area (Å²) in [5.74, 6) is 1.66. The van der Waals surface area contributed by atoms with E-state index in [1.165, 1.54) is 4.80 Å². The molecule has 0 bridgehead atoms. The molecular formula is C17H19N7O. The second-order valence-corrected chi connectivity index (χ2v) is 6.24. The average Bonchev–Trinajstić information content (AvgIpc) is 3.19. The number of para-hydroxylation sites is 1. The summed E-state index contributed by atoms with van der Waals surface area (Å²) in [4.78, 5) is 14.1. The van der Waals surface area contributed by atoms with Gasteiger partial charge in [0.05, 0.1) is 11.4 Å². The molecule has 1 aliphatic heterocycles. The average molecular weight is 337 g/mol. The van der Waals surface area contributed by atoms with Crippen LogP contribution in [0, 0.1) is 13.8 Å². The lowest BCUT2D eigenvalue weighted by Crippen LogP contribution is -2.41. The van der Waals surface area contributed by atoms with E-state index >= 15 is 0 Å². The first-order valence-corrected chi connectivity index (χ1v) is 8.31. The smallest absolute Gasteiger partial charge is 0.274 e. The van der Waals surface area contributed by atoms with Gasteiger partial charge in [0.15, 0.2) is 5.69 Å². The first-order valence-electron chi connectivity index (χ1n) is 8.31. The van der Waals surface area contributed by atoms with E-state index in [1.807, 2.05) is 37.3 Å². The van der Waals surface area contributed by atoms with Gasteiger partial charge in [0, 0.05) is 19.0 Å². The van der Waals surface area contributed by atoms with Crippen molar-refractivity contribution < 1.29 is 4.79 Å². The maximum atomic E-state index is 12.6. The van der Waals surface area contributed by atoms with Gasteiger partial charge in [0.2, 0.25) is 0 Å². The van der Waals surface area contributed by atoms with Crippen LogP contribution in [0.5, 0.6) is 0 Å². The fourth-order valence-corrected chi connectivity index (χ4v) is 3.10. The number of amides is 1. The summed E-state index contributed by atoms with van der Waals surface area (Å²) >= 11 is 0. The van der Waals surface area contributed by atoms with Crippen LogP contribution in [0.3, 0.4) is 0 Å². The molecule has 0 fully saturated rings. The van der Waals surface area contributed by atoms with Crippen molar-refractivity contribution in [3.05, 3.63) is 53.4 Å². The van der Waals surface area contributed by atoms with Crippen molar-refractivity contribution >= 4 is 5.91 Å². The molecule has 0 saturated heterocycles. The summed E-state index contributed by atoms with van der Waals surface area (Å²) in [6, 6.07) is 9.59. The molecule has 1 unspecified atom stereocenters. The molecule has 25 heavy (non-hydrogen) atoms. The van der Waals surface area contributed by atoms with E-state index in [9.17, 15) is 4.79 Å². The second-order valence-electron chi connectivity index (χ2n) is 6.24. The zero-order chi connectivity index (χ0) is 17.4. The molecule has 1 N–H and O–H groups in total. The number of benzene rings is 1. The molecule has 1 aromatic carbocycles. The Morgan fingerprint density at radius 2 is 1.96 bits per heavy atom. The normalized spacial score (nSPS) is 16.5. The topological polar surface area (TPSA) is 90.5 Å². The number of nitrogens with one attached hydrogen (secondary N) is 1. The Balaban J connectivity index is 1.51. The van der Waals surface area contributed by atoms with Crippen LogP contribution < -0.4 is 5.32 Å². The number of rotatable bonds is 3. The highest BCUT2D eigenvalue weighted by Crippen LogP contribution is 2.15. The Hall–Kier alpha value is -3.03. The number of aryl methyl sites for hydroxylation is 3. The third-order valence-corrected chi connectivity index (χ3v) is 4.45. The number of hydrogen-bond donors (Lipinski definition) is 1. The maximum Gasteiger partial charge on any atom is 0.274 e. The Labute approximate surface area is 144 Å². The minimum absolute atomic E-state index is 0.0379. The van der Waals surface area contributed by atoms with E-state index in [-0.39, 0.29) is 11.9 Å². The molecule has 3 heterocycles. The summed E-state index contributed by atoms with van der Waals surface area (Å²) in [7, 11) is 0. The van der Waals surface area contributed by atoms with Gasteiger partial charge in [0.25, 0.3) is 5.91 Å². The van der Waals surface area contributed by atoms with Crippen molar-refractivity contribution in [1.82, 2.24) is 35.1 Å². The van der Waals surface area contributed by atoms with Crippen LogP contribution in [0.1, 0.15) is 34.3 Å². The van der Waals surface area contributed by atoms with Gasteiger partial charge in [0.1, 0.15) is 11.6 Å². The van der Waals surface area contributed by atoms with Gasteiger partial charge >= 0.3 is 0 Å². The molecule has 0 aliphatic carbocycles. The molecule has 1 aliphatic rings. The molecule has 0 radical (unpaired) electrons. The molecule has 1 amide bonds. The maximum absolute atomic E-state index is 12.6. The van der Waals surface area contributed by atoms with Crippen LogP contribution in [0.15, 0.2) is 30.3 Å². The molecule has 2 aromatic heterocycles. The Kier molecular flexibility index (Phi) is 3.79. The molecule has 128 valence electrons. The fourth-order valence-electron chi connectivity index (χ4n) is 3.10. The number of carbonyl (C=O) groups excluding carboxylic acids is 1. The summed E-state index contributed by atoms with van der Waals surface area (Å²) in [6.07, 6.45) is 1.65. The van der Waals surface area contributed by atoms with Crippen LogP contribution in [0.2, 0.25) is 0 Å². The molecule has 0 saturated carbocycles. The van der Waals surface area contributed by atoms with E-state index in [0.29, 0.717) is 17.9 Å². The molecule has 1 atom stereocenters. The first-order chi connectivity index (χ1) is 12.1. The van der Waals surface area contributed by atoms with Gasteiger partial charge in [-0.3, -0.25) is 4.79 Å². The van der Waals surface area contributed by atoms with Crippen LogP contribution in [-0.2, 0) is 13.0 Å². The third-order valence-electron chi connectivity index (χ3n) is 4.45. The summed E-state index contributed by atoms with van der Waals surface area (Å²) < 4.78 is 2.06. The zero-order valence-electron chi connectivity index (χ0n) is 14.2. The van der Waals surface area contributed by atoms with E-state index in [0.717, 1.165) is 30.2 Å². The molecule has 8 nitrogen and oxygen atoms in total. The monoisotopic (exact) mass is 337 g/mol. The van der Waals surface area contributed by atoms with Crippen molar-refractivity contribution in [3.63, 3.8) is 0 Å². The van der Waals surface area contributed by atoms with Gasteiger partial charge in [-0.05, 0) is 32.4 Å². The number of aromatic nitrogens is 6. The van der Waals surface area contributed by atoms with Crippen LogP contribution >= 0.6 is 0 Å².